The summed E-state index contributed by atoms with van der Waals surface area (Å²) in [6, 6.07) is 7.29. The zero-order valence-corrected chi connectivity index (χ0v) is 9.36. The minimum Gasteiger partial charge on any atom is -0.324 e. The largest absolute Gasteiger partial charge is 0.348 e. The molecule has 0 aliphatic carbocycles. The number of hydrogen-bond donors (Lipinski definition) is 2. The third-order valence-electron chi connectivity index (χ3n) is 1.93. The van der Waals surface area contributed by atoms with Gasteiger partial charge in [0, 0.05) is 4.47 Å². The predicted octanol–water partition coefficient (Wildman–Crippen LogP) is 0.782. The number of nitrogens with one attached hydrogen (secondary N) is 1. The van der Waals surface area contributed by atoms with E-state index >= 15 is 0 Å². The number of H-pyrrole nitrogens is 1. The number of rotatable bonds is 2. The Morgan fingerprint density at radius 1 is 1.40 bits per heavy atom. The van der Waals surface area contributed by atoms with Crippen molar-refractivity contribution in [1.29, 1.82) is 0 Å². The second-order valence-electron chi connectivity index (χ2n) is 2.97. The summed E-state index contributed by atoms with van der Waals surface area (Å²) in [5.41, 5.74) is 5.81. The van der Waals surface area contributed by atoms with Crippen molar-refractivity contribution in [2.45, 2.75) is 6.54 Å². The molecule has 2 rings (SSSR count). The summed E-state index contributed by atoms with van der Waals surface area (Å²) in [5.74, 6) is 0.475. The van der Waals surface area contributed by atoms with Crippen LogP contribution in [0.25, 0.3) is 5.69 Å². The summed E-state index contributed by atoms with van der Waals surface area (Å²) in [5, 5.41) is 4.04. The van der Waals surface area contributed by atoms with Crippen LogP contribution in [-0.2, 0) is 6.54 Å². The highest BCUT2D eigenvalue weighted by Gasteiger charge is 2.04. The van der Waals surface area contributed by atoms with Crippen molar-refractivity contribution in [3.05, 3.63) is 45.0 Å². The summed E-state index contributed by atoms with van der Waals surface area (Å²) < 4.78 is 2.24. The Bertz CT molecular complexity index is 514. The maximum absolute atomic E-state index is 11.5. The van der Waals surface area contributed by atoms with Gasteiger partial charge in [0.1, 0.15) is 5.82 Å². The number of aromatic amines is 1. The van der Waals surface area contributed by atoms with E-state index < -0.39 is 0 Å². The van der Waals surface area contributed by atoms with Gasteiger partial charge in [-0.25, -0.2) is 4.79 Å². The van der Waals surface area contributed by atoms with E-state index in [-0.39, 0.29) is 12.2 Å². The number of aromatic nitrogens is 3. The fourth-order valence-corrected chi connectivity index (χ4v) is 1.48. The lowest BCUT2D eigenvalue weighted by Gasteiger charge is -1.98. The summed E-state index contributed by atoms with van der Waals surface area (Å²) in [6.45, 7) is 0.221. The van der Waals surface area contributed by atoms with Crippen molar-refractivity contribution in [2.75, 3.05) is 0 Å². The van der Waals surface area contributed by atoms with Gasteiger partial charge in [-0.2, -0.15) is 4.68 Å². The Morgan fingerprint density at radius 2 is 2.07 bits per heavy atom. The molecule has 1 aromatic heterocycles. The monoisotopic (exact) mass is 268 g/mol. The maximum atomic E-state index is 11.5. The standard InChI is InChI=1S/C9H9BrN4O/c10-6-1-3-7(4-2-6)14-9(15)12-8(5-11)13-14/h1-4H,5,11H2,(H,12,13,15). The summed E-state index contributed by atoms with van der Waals surface area (Å²) in [6.07, 6.45) is 0. The molecule has 15 heavy (non-hydrogen) atoms. The second-order valence-corrected chi connectivity index (χ2v) is 3.88. The molecule has 3 N–H and O–H groups in total. The van der Waals surface area contributed by atoms with Crippen LogP contribution in [0.15, 0.2) is 33.5 Å². The molecule has 0 fully saturated rings. The zero-order valence-electron chi connectivity index (χ0n) is 7.77. The minimum absolute atomic E-state index is 0.221. The number of benzene rings is 1. The van der Waals surface area contributed by atoms with Gasteiger partial charge >= 0.3 is 5.69 Å². The first kappa shape index (κ1) is 10.1. The molecular formula is C9H9BrN4O. The molecule has 0 bridgehead atoms. The molecule has 5 nitrogen and oxygen atoms in total. The Hall–Kier alpha value is -1.40. The summed E-state index contributed by atoms with van der Waals surface area (Å²) in [7, 11) is 0. The molecule has 2 aromatic rings. The van der Waals surface area contributed by atoms with Crippen LogP contribution < -0.4 is 11.4 Å². The van der Waals surface area contributed by atoms with Gasteiger partial charge < -0.3 is 5.73 Å². The molecule has 1 aromatic carbocycles. The van der Waals surface area contributed by atoms with E-state index in [0.717, 1.165) is 4.47 Å². The Balaban J connectivity index is 2.49. The molecule has 6 heteroatoms. The molecule has 0 aliphatic heterocycles. The van der Waals surface area contributed by atoms with Crippen LogP contribution in [0.5, 0.6) is 0 Å². The third-order valence-corrected chi connectivity index (χ3v) is 2.46. The number of nitrogens with zero attached hydrogens (tertiary/aromatic N) is 2. The fraction of sp³-hybridized carbons (Fsp3) is 0.111. The van der Waals surface area contributed by atoms with Gasteiger partial charge in [0.15, 0.2) is 0 Å². The van der Waals surface area contributed by atoms with Gasteiger partial charge in [0.05, 0.1) is 12.2 Å². The molecule has 0 atom stereocenters. The number of hydrogen-bond acceptors (Lipinski definition) is 3. The zero-order chi connectivity index (χ0) is 10.8. The first-order valence-electron chi connectivity index (χ1n) is 4.35. The highest BCUT2D eigenvalue weighted by atomic mass is 79.9. The van der Waals surface area contributed by atoms with E-state index in [1.54, 1.807) is 12.1 Å². The van der Waals surface area contributed by atoms with Crippen LogP contribution in [-0.4, -0.2) is 14.8 Å². The van der Waals surface area contributed by atoms with Crippen molar-refractivity contribution in [3.63, 3.8) is 0 Å². The predicted molar refractivity (Wildman–Crippen MR) is 59.8 cm³/mol. The average Bonchev–Trinajstić information content (AvgIpc) is 2.61. The van der Waals surface area contributed by atoms with Crippen LogP contribution in [0.2, 0.25) is 0 Å². The minimum atomic E-state index is -0.280. The molecule has 0 spiro atoms. The SMILES string of the molecule is NCc1nn(-c2ccc(Br)cc2)c(=O)[nH]1. The van der Waals surface area contributed by atoms with Crippen LogP contribution in [0.3, 0.4) is 0 Å². The van der Waals surface area contributed by atoms with Gasteiger partial charge in [-0.3, -0.25) is 4.98 Å². The molecule has 78 valence electrons. The van der Waals surface area contributed by atoms with Crippen molar-refractivity contribution in [2.24, 2.45) is 5.73 Å². The maximum Gasteiger partial charge on any atom is 0.348 e. The van der Waals surface area contributed by atoms with Crippen LogP contribution in [0, 0.1) is 0 Å². The molecule has 0 amide bonds. The van der Waals surface area contributed by atoms with E-state index in [2.05, 4.69) is 26.0 Å². The van der Waals surface area contributed by atoms with E-state index in [1.807, 2.05) is 12.1 Å². The molecule has 0 aliphatic rings. The van der Waals surface area contributed by atoms with Gasteiger partial charge in [-0.15, -0.1) is 5.10 Å². The lowest BCUT2D eigenvalue weighted by molar-refractivity contribution is 0.813. The Morgan fingerprint density at radius 3 is 2.60 bits per heavy atom. The fourth-order valence-electron chi connectivity index (χ4n) is 1.22. The van der Waals surface area contributed by atoms with Gasteiger partial charge in [0.2, 0.25) is 0 Å². The molecular weight excluding hydrogens is 260 g/mol. The summed E-state index contributed by atoms with van der Waals surface area (Å²) >= 11 is 3.32. The second kappa shape index (κ2) is 4.00. The number of nitrogens with two attached hydrogens (primary N) is 1. The van der Waals surface area contributed by atoms with E-state index in [0.29, 0.717) is 11.5 Å². The summed E-state index contributed by atoms with van der Waals surface area (Å²) in [4.78, 5) is 14.0. The molecule has 0 saturated carbocycles. The number of halogens is 1. The smallest absolute Gasteiger partial charge is 0.324 e. The first-order chi connectivity index (χ1) is 7.20. The van der Waals surface area contributed by atoms with Crippen molar-refractivity contribution >= 4 is 15.9 Å². The van der Waals surface area contributed by atoms with E-state index in [9.17, 15) is 4.79 Å². The quantitative estimate of drug-likeness (QED) is 0.845. The van der Waals surface area contributed by atoms with Crippen LogP contribution in [0.4, 0.5) is 0 Å². The lowest BCUT2D eigenvalue weighted by Crippen LogP contribution is -2.15. The first-order valence-corrected chi connectivity index (χ1v) is 5.14. The molecule has 0 saturated heterocycles. The van der Waals surface area contributed by atoms with Crippen LogP contribution >= 0.6 is 15.9 Å². The highest BCUT2D eigenvalue weighted by Crippen LogP contribution is 2.11. The van der Waals surface area contributed by atoms with Crippen molar-refractivity contribution in [1.82, 2.24) is 14.8 Å². The highest BCUT2D eigenvalue weighted by molar-refractivity contribution is 9.10. The molecule has 0 radical (unpaired) electrons. The normalized spacial score (nSPS) is 10.5. The Kier molecular flexibility index (Phi) is 2.70. The third kappa shape index (κ3) is 2.00. The molecule has 0 unspecified atom stereocenters. The van der Waals surface area contributed by atoms with Crippen LogP contribution in [0.1, 0.15) is 5.82 Å². The van der Waals surface area contributed by atoms with Crippen molar-refractivity contribution in [3.8, 4) is 5.69 Å². The molecule has 1 heterocycles. The van der Waals surface area contributed by atoms with Gasteiger partial charge in [-0.05, 0) is 24.3 Å². The topological polar surface area (TPSA) is 76.7 Å². The lowest BCUT2D eigenvalue weighted by atomic mass is 10.3. The Labute approximate surface area is 94.0 Å². The van der Waals surface area contributed by atoms with E-state index in [4.69, 9.17) is 5.73 Å². The van der Waals surface area contributed by atoms with Gasteiger partial charge in [-0.1, -0.05) is 15.9 Å². The average molecular weight is 269 g/mol. The van der Waals surface area contributed by atoms with Gasteiger partial charge in [0.25, 0.3) is 0 Å². The van der Waals surface area contributed by atoms with Crippen molar-refractivity contribution < 1.29 is 0 Å². The van der Waals surface area contributed by atoms with E-state index in [1.165, 1.54) is 4.68 Å².